The van der Waals surface area contributed by atoms with Crippen molar-refractivity contribution < 1.29 is 45.4 Å². The number of amides is 3. The molecule has 3 amide bonds. The number of halogens is 6. The molecular weight excluding hydrogens is 448 g/mol. The summed E-state index contributed by atoms with van der Waals surface area (Å²) in [5, 5.41) is 2.41. The van der Waals surface area contributed by atoms with Gasteiger partial charge in [-0.25, -0.2) is 18.0 Å². The molecule has 1 aromatic carbocycles. The molecule has 3 heterocycles. The Labute approximate surface area is 178 Å². The van der Waals surface area contributed by atoms with Gasteiger partial charge in [0.25, 0.3) is 5.92 Å². The Bertz CT molecular complexity index is 906. The van der Waals surface area contributed by atoms with E-state index >= 15 is 0 Å². The van der Waals surface area contributed by atoms with E-state index in [1.807, 2.05) is 0 Å². The molecule has 0 saturated carbocycles. The highest BCUT2D eigenvalue weighted by molar-refractivity contribution is 5.79. The van der Waals surface area contributed by atoms with Crippen LogP contribution in [0.3, 0.4) is 0 Å². The van der Waals surface area contributed by atoms with E-state index in [2.05, 4.69) is 5.32 Å². The summed E-state index contributed by atoms with van der Waals surface area (Å²) in [4.78, 5) is 26.2. The van der Waals surface area contributed by atoms with E-state index in [4.69, 9.17) is 9.47 Å². The average molecular weight is 467 g/mol. The minimum absolute atomic E-state index is 0.0557. The number of rotatable bonds is 3. The molecule has 1 aromatic rings. The topological polar surface area (TPSA) is 71.1 Å². The van der Waals surface area contributed by atoms with Gasteiger partial charge in [-0.3, -0.25) is 4.79 Å². The molecule has 3 saturated heterocycles. The van der Waals surface area contributed by atoms with Gasteiger partial charge in [0.2, 0.25) is 5.91 Å². The molecule has 3 aliphatic rings. The van der Waals surface area contributed by atoms with Gasteiger partial charge in [0.05, 0.1) is 44.0 Å². The Hall–Kier alpha value is -2.54. The second kappa shape index (κ2) is 8.10. The third-order valence-corrected chi connectivity index (χ3v) is 5.58. The number of carbonyl (C=O) groups excluding carboxylic acids is 2. The maximum absolute atomic E-state index is 14.4. The standard InChI is InChI=1S/C19H19F6N3O4/c20-13-3-11(19(23,24)25)2-1-10(13)7-31-12-4-27(5-12)17(30)28-6-14-16(18(21,22)9-28)32-8-15(29)26-14/h1-3,12,14,16H,4-9H2,(H,26,29)/t14-,16-/m1/s1. The monoisotopic (exact) mass is 467 g/mol. The number of carbonyl (C=O) groups is 2. The average Bonchev–Trinajstić information content (AvgIpc) is 2.65. The molecule has 3 aliphatic heterocycles. The van der Waals surface area contributed by atoms with E-state index in [1.165, 1.54) is 4.90 Å². The van der Waals surface area contributed by atoms with E-state index < -0.39 is 66.8 Å². The van der Waals surface area contributed by atoms with Gasteiger partial charge in [0.15, 0.2) is 0 Å². The summed E-state index contributed by atoms with van der Waals surface area (Å²) >= 11 is 0. The highest BCUT2D eigenvalue weighted by Crippen LogP contribution is 2.33. The number of alkyl halides is 5. The zero-order valence-corrected chi connectivity index (χ0v) is 16.5. The third kappa shape index (κ3) is 4.49. The summed E-state index contributed by atoms with van der Waals surface area (Å²) in [5.41, 5.74) is -1.18. The number of hydrogen-bond acceptors (Lipinski definition) is 4. The van der Waals surface area contributed by atoms with Crippen molar-refractivity contribution in [1.82, 2.24) is 15.1 Å². The summed E-state index contributed by atoms with van der Waals surface area (Å²) in [5.74, 6) is -4.94. The van der Waals surface area contributed by atoms with Crippen LogP contribution in [0, 0.1) is 5.82 Å². The number of morpholine rings is 1. The number of urea groups is 1. The van der Waals surface area contributed by atoms with Crippen molar-refractivity contribution in [3.63, 3.8) is 0 Å². The molecular formula is C19H19F6N3O4. The highest BCUT2D eigenvalue weighted by atomic mass is 19.4. The van der Waals surface area contributed by atoms with Crippen LogP contribution in [0.5, 0.6) is 0 Å². The number of likely N-dealkylation sites (tertiary alicyclic amines) is 2. The third-order valence-electron chi connectivity index (χ3n) is 5.58. The molecule has 13 heteroatoms. The van der Waals surface area contributed by atoms with Crippen LogP contribution >= 0.6 is 0 Å². The van der Waals surface area contributed by atoms with Crippen LogP contribution in [0.1, 0.15) is 11.1 Å². The summed E-state index contributed by atoms with van der Waals surface area (Å²) in [7, 11) is 0. The van der Waals surface area contributed by atoms with Crippen LogP contribution in [0.2, 0.25) is 0 Å². The number of ether oxygens (including phenoxy) is 2. The summed E-state index contributed by atoms with van der Waals surface area (Å²) in [6.07, 6.45) is -6.68. The first kappa shape index (κ1) is 22.6. The lowest BCUT2D eigenvalue weighted by Crippen LogP contribution is -2.71. The number of nitrogens with one attached hydrogen (secondary N) is 1. The molecule has 0 aromatic heterocycles. The summed E-state index contributed by atoms with van der Waals surface area (Å²) in [6.45, 7) is -1.65. The normalized spacial score (nSPS) is 25.8. The Morgan fingerprint density at radius 1 is 1.22 bits per heavy atom. The van der Waals surface area contributed by atoms with Crippen molar-refractivity contribution >= 4 is 11.9 Å². The lowest BCUT2D eigenvalue weighted by atomic mass is 9.97. The quantitative estimate of drug-likeness (QED) is 0.691. The fourth-order valence-electron chi connectivity index (χ4n) is 3.90. The van der Waals surface area contributed by atoms with Crippen molar-refractivity contribution in [2.24, 2.45) is 0 Å². The van der Waals surface area contributed by atoms with Crippen LogP contribution in [0.15, 0.2) is 18.2 Å². The lowest BCUT2D eigenvalue weighted by Gasteiger charge is -2.48. The van der Waals surface area contributed by atoms with Crippen LogP contribution < -0.4 is 5.32 Å². The Morgan fingerprint density at radius 3 is 2.59 bits per heavy atom. The van der Waals surface area contributed by atoms with Crippen LogP contribution in [-0.2, 0) is 27.1 Å². The Kier molecular flexibility index (Phi) is 5.74. The van der Waals surface area contributed by atoms with Crippen molar-refractivity contribution in [3.8, 4) is 0 Å². The second-order valence-corrected chi connectivity index (χ2v) is 7.97. The van der Waals surface area contributed by atoms with Gasteiger partial charge in [-0.15, -0.1) is 0 Å². The van der Waals surface area contributed by atoms with Gasteiger partial charge in [0, 0.05) is 12.1 Å². The maximum Gasteiger partial charge on any atom is 0.416 e. The minimum atomic E-state index is -4.66. The molecule has 32 heavy (non-hydrogen) atoms. The predicted molar refractivity (Wildman–Crippen MR) is 95.1 cm³/mol. The van der Waals surface area contributed by atoms with Gasteiger partial charge < -0.3 is 24.6 Å². The fraction of sp³-hybridized carbons (Fsp3) is 0.579. The SMILES string of the molecule is O=C1CO[C@@H]2[C@@H](CN(C(=O)N3CC(OCc4ccc(C(F)(F)F)cc4F)C3)CC2(F)F)N1. The molecule has 4 rings (SSSR count). The van der Waals surface area contributed by atoms with Crippen molar-refractivity contribution in [3.05, 3.63) is 35.1 Å². The molecule has 7 nitrogen and oxygen atoms in total. The van der Waals surface area contributed by atoms with Crippen molar-refractivity contribution in [2.45, 2.75) is 37.0 Å². The zero-order chi connectivity index (χ0) is 23.3. The van der Waals surface area contributed by atoms with Crippen molar-refractivity contribution in [1.29, 1.82) is 0 Å². The van der Waals surface area contributed by atoms with E-state index in [9.17, 15) is 35.9 Å². The predicted octanol–water partition coefficient (Wildman–Crippen LogP) is 2.00. The first-order chi connectivity index (χ1) is 14.9. The van der Waals surface area contributed by atoms with E-state index in [0.717, 1.165) is 17.0 Å². The largest absolute Gasteiger partial charge is 0.416 e. The molecule has 1 N–H and O–H groups in total. The molecule has 0 unspecified atom stereocenters. The van der Waals surface area contributed by atoms with E-state index in [1.54, 1.807) is 0 Å². The van der Waals surface area contributed by atoms with Gasteiger partial charge in [-0.1, -0.05) is 6.07 Å². The lowest BCUT2D eigenvalue weighted by molar-refractivity contribution is -0.196. The molecule has 0 aliphatic carbocycles. The van der Waals surface area contributed by atoms with Gasteiger partial charge in [-0.2, -0.15) is 13.2 Å². The van der Waals surface area contributed by atoms with E-state index in [-0.39, 0.29) is 31.8 Å². The number of piperidine rings is 1. The first-order valence-corrected chi connectivity index (χ1v) is 9.74. The molecule has 176 valence electrons. The molecule has 3 fully saturated rings. The second-order valence-electron chi connectivity index (χ2n) is 7.97. The highest BCUT2D eigenvalue weighted by Gasteiger charge is 2.55. The number of fused-ring (bicyclic) bond motifs is 1. The van der Waals surface area contributed by atoms with Crippen LogP contribution in [0.25, 0.3) is 0 Å². The molecule has 2 atom stereocenters. The van der Waals surface area contributed by atoms with Gasteiger partial charge in [0.1, 0.15) is 18.5 Å². The zero-order valence-electron chi connectivity index (χ0n) is 16.5. The fourth-order valence-corrected chi connectivity index (χ4v) is 3.90. The molecule has 0 bridgehead atoms. The number of hydrogen-bond donors (Lipinski definition) is 1. The minimum Gasteiger partial charge on any atom is -0.370 e. The first-order valence-electron chi connectivity index (χ1n) is 9.74. The van der Waals surface area contributed by atoms with Crippen molar-refractivity contribution in [2.75, 3.05) is 32.8 Å². The molecule has 0 spiro atoms. The Balaban J connectivity index is 1.28. The smallest absolute Gasteiger partial charge is 0.370 e. The maximum atomic E-state index is 14.4. The summed E-state index contributed by atoms with van der Waals surface area (Å²) in [6, 6.07) is 0.415. The van der Waals surface area contributed by atoms with Crippen LogP contribution in [-0.4, -0.2) is 78.7 Å². The van der Waals surface area contributed by atoms with Crippen LogP contribution in [0.4, 0.5) is 31.1 Å². The number of benzene rings is 1. The number of nitrogens with zero attached hydrogens (tertiary/aromatic N) is 2. The van der Waals surface area contributed by atoms with Gasteiger partial charge >= 0.3 is 12.2 Å². The van der Waals surface area contributed by atoms with E-state index in [0.29, 0.717) is 6.07 Å². The van der Waals surface area contributed by atoms with Gasteiger partial charge in [-0.05, 0) is 12.1 Å². The summed E-state index contributed by atoms with van der Waals surface area (Å²) < 4.78 is 90.8. The Morgan fingerprint density at radius 2 is 1.94 bits per heavy atom. The molecule has 0 radical (unpaired) electrons.